The van der Waals surface area contributed by atoms with Crippen molar-refractivity contribution < 1.29 is 28.4 Å². The number of pyridine rings is 2. The van der Waals surface area contributed by atoms with Gasteiger partial charge in [-0.25, -0.2) is 14.2 Å². The third kappa shape index (κ3) is 9.23. The highest BCUT2D eigenvalue weighted by Crippen LogP contribution is 2.37. The van der Waals surface area contributed by atoms with Gasteiger partial charge >= 0.3 is 19.3 Å². The van der Waals surface area contributed by atoms with Gasteiger partial charge in [0.05, 0.1) is 32.2 Å². The number of rotatable bonds is 1. The van der Waals surface area contributed by atoms with Crippen LogP contribution in [0.2, 0.25) is 13.6 Å². The normalized spacial score (nSPS) is 15.2. The first-order valence-corrected chi connectivity index (χ1v) is 15.6. The summed E-state index contributed by atoms with van der Waals surface area (Å²) in [4.78, 5) is 33.2. The van der Waals surface area contributed by atoms with E-state index in [1.807, 2.05) is 102 Å². The van der Waals surface area contributed by atoms with Gasteiger partial charge < -0.3 is 18.8 Å². The van der Waals surface area contributed by atoms with E-state index in [-0.39, 0.29) is 7.43 Å². The van der Waals surface area contributed by atoms with Crippen LogP contribution in [0.3, 0.4) is 0 Å². The lowest BCUT2D eigenvalue weighted by atomic mass is 9.80. The van der Waals surface area contributed by atoms with E-state index in [0.717, 1.165) is 21.0 Å². The van der Waals surface area contributed by atoms with Gasteiger partial charge in [0.2, 0.25) is 0 Å². The van der Waals surface area contributed by atoms with E-state index >= 15 is 0 Å². The van der Waals surface area contributed by atoms with E-state index in [9.17, 15) is 9.59 Å². The maximum absolute atomic E-state index is 12.6. The number of hydrogen-bond acceptors (Lipinski definition) is 8. The Labute approximate surface area is 283 Å². The first-order chi connectivity index (χ1) is 20.7. The number of hydrogen-bond donors (Lipinski definition) is 0. The predicted octanol–water partition coefficient (Wildman–Crippen LogP) is 8.12. The fourth-order valence-electron chi connectivity index (χ4n) is 4.17. The van der Waals surface area contributed by atoms with E-state index < -0.39 is 41.7 Å². The van der Waals surface area contributed by atoms with Gasteiger partial charge in [-0.1, -0.05) is 21.1 Å². The number of nitrogens with zero attached hydrogens (tertiary/aromatic N) is 4. The molecule has 5 heterocycles. The van der Waals surface area contributed by atoms with E-state index in [4.69, 9.17) is 18.8 Å². The first-order valence-electron chi connectivity index (χ1n) is 14.8. The molecular weight excluding hydrogens is 650 g/mol. The predicted molar refractivity (Wildman–Crippen MR) is 190 cm³/mol. The maximum Gasteiger partial charge on any atom is 0.498 e. The quantitative estimate of drug-likeness (QED) is 0.184. The summed E-state index contributed by atoms with van der Waals surface area (Å²) in [6, 6.07) is 7.24. The summed E-state index contributed by atoms with van der Waals surface area (Å²) in [7, 11) is 1.41. The molecule has 0 unspecified atom stereocenters. The second-order valence-electron chi connectivity index (χ2n) is 13.7. The molecule has 13 heteroatoms. The van der Waals surface area contributed by atoms with Crippen molar-refractivity contribution in [3.8, 4) is 0 Å². The molecule has 1 fully saturated rings. The van der Waals surface area contributed by atoms with E-state index in [1.165, 1.54) is 9.13 Å². The molecule has 1 radical (unpaired) electrons. The van der Waals surface area contributed by atoms with Crippen LogP contribution in [0.15, 0.2) is 53.5 Å². The van der Waals surface area contributed by atoms with Crippen LogP contribution in [0.5, 0.6) is 0 Å². The van der Waals surface area contributed by atoms with Crippen LogP contribution < -0.4 is 5.46 Å². The highest BCUT2D eigenvalue weighted by atomic mass is 79.9. The lowest BCUT2D eigenvalue weighted by molar-refractivity contribution is 0.00578. The monoisotopic (exact) mass is 697 g/mol. The van der Waals surface area contributed by atoms with Crippen molar-refractivity contribution in [3.63, 3.8) is 0 Å². The topological polar surface area (TPSA) is 107 Å². The number of halogens is 1. The van der Waals surface area contributed by atoms with Crippen LogP contribution in [-0.2, 0) is 18.8 Å². The SMILES string of the molecule is C.CC(C)(C)OC(=O)n1cc(B2OC(C)(C)C(C)(C)O2)c2ncccc21.CC(C)(C)OC(=O)n1cc(Br)c2ncccc21.C[B]C. The van der Waals surface area contributed by atoms with Crippen LogP contribution in [-0.4, -0.2) is 68.1 Å². The highest BCUT2D eigenvalue weighted by Gasteiger charge is 2.52. The first kappa shape index (κ1) is 39.0. The summed E-state index contributed by atoms with van der Waals surface area (Å²) < 4.78 is 26.8. The molecule has 0 saturated carbocycles. The third-order valence-corrected chi connectivity index (χ3v) is 7.37. The molecule has 1 aliphatic rings. The number of fused-ring (bicyclic) bond motifs is 2. The summed E-state index contributed by atoms with van der Waals surface area (Å²) in [5.74, 6) is 0. The minimum absolute atomic E-state index is 0. The van der Waals surface area contributed by atoms with Crippen molar-refractivity contribution in [3.05, 3.63) is 53.5 Å². The van der Waals surface area contributed by atoms with Crippen molar-refractivity contribution >= 4 is 70.0 Å². The van der Waals surface area contributed by atoms with Gasteiger partial charge in [-0.15, -0.1) is 0 Å². The van der Waals surface area contributed by atoms with Crippen molar-refractivity contribution in [1.29, 1.82) is 0 Å². The van der Waals surface area contributed by atoms with Crippen LogP contribution in [0.1, 0.15) is 76.7 Å². The molecule has 0 atom stereocenters. The van der Waals surface area contributed by atoms with Crippen LogP contribution in [0.25, 0.3) is 22.1 Å². The molecule has 0 aromatic carbocycles. The van der Waals surface area contributed by atoms with Crippen LogP contribution in [0, 0.1) is 0 Å². The van der Waals surface area contributed by atoms with Crippen molar-refractivity contribution in [1.82, 2.24) is 19.1 Å². The second kappa shape index (κ2) is 14.7. The maximum atomic E-state index is 12.6. The lowest BCUT2D eigenvalue weighted by Gasteiger charge is -2.32. The van der Waals surface area contributed by atoms with E-state index in [0.29, 0.717) is 11.0 Å². The summed E-state index contributed by atoms with van der Waals surface area (Å²) in [6.07, 6.45) is 5.90. The Balaban J connectivity index is 0.000000306. The summed E-state index contributed by atoms with van der Waals surface area (Å²) in [5, 5.41) is 0. The number of carbonyl (C=O) groups is 2. The summed E-state index contributed by atoms with van der Waals surface area (Å²) >= 11 is 3.37. The molecule has 4 aromatic heterocycles. The molecule has 1 saturated heterocycles. The number of aromatic nitrogens is 4. The Morgan fingerprint density at radius 3 is 1.63 bits per heavy atom. The molecule has 5 rings (SSSR count). The van der Waals surface area contributed by atoms with Gasteiger partial charge in [-0.05, 0) is 109 Å². The molecular formula is C33H48B2BrN4O6. The lowest BCUT2D eigenvalue weighted by Crippen LogP contribution is -2.41. The molecule has 10 nitrogen and oxygen atoms in total. The van der Waals surface area contributed by atoms with E-state index in [2.05, 4.69) is 25.9 Å². The Morgan fingerprint density at radius 2 is 1.20 bits per heavy atom. The standard InChI is InChI=1S/C18H25BN2O4.C12H13BrN2O2.C2H6B.CH4/c1-16(2,3)23-15(22)21-11-12(14-13(21)9-8-10-20-14)19-24-17(4,5)18(6,7)25-19;1-12(2,3)17-11(16)15-7-8(13)10-9(15)5-4-6-14-10;1-3-2;/h8-11H,1-7H3;4-7H,1-3H3;1-2H3;1H4. The molecule has 0 N–H and O–H groups in total. The summed E-state index contributed by atoms with van der Waals surface area (Å²) in [5.41, 5.74) is 1.52. The fourth-order valence-corrected chi connectivity index (χ4v) is 4.68. The smallest absolute Gasteiger partial charge is 0.443 e. The van der Waals surface area contributed by atoms with Crippen molar-refractivity contribution in [2.75, 3.05) is 0 Å². The van der Waals surface area contributed by atoms with Gasteiger partial charge in [0.1, 0.15) is 24.0 Å². The Bertz CT molecular complexity index is 1640. The van der Waals surface area contributed by atoms with Crippen LogP contribution in [0.4, 0.5) is 9.59 Å². The fraction of sp³-hybridized carbons (Fsp3) is 0.515. The average Bonchev–Trinajstić information content (AvgIpc) is 3.52. The zero-order chi connectivity index (χ0) is 34.0. The minimum atomic E-state index is -0.592. The van der Waals surface area contributed by atoms with Gasteiger partial charge in [-0.3, -0.25) is 14.5 Å². The number of carbonyl (C=O) groups excluding carboxylic acids is 2. The Kier molecular flexibility index (Phi) is 12.5. The third-order valence-electron chi connectivity index (χ3n) is 6.79. The van der Waals surface area contributed by atoms with Crippen molar-refractivity contribution in [2.45, 2.75) is 113 Å². The van der Waals surface area contributed by atoms with Crippen molar-refractivity contribution in [2.24, 2.45) is 0 Å². The molecule has 4 aromatic rings. The largest absolute Gasteiger partial charge is 0.498 e. The molecule has 1 aliphatic heterocycles. The molecule has 0 amide bonds. The Morgan fingerprint density at radius 1 is 0.804 bits per heavy atom. The molecule has 249 valence electrons. The summed E-state index contributed by atoms with van der Waals surface area (Å²) in [6.45, 7) is 23.0. The zero-order valence-corrected chi connectivity index (χ0v) is 30.0. The molecule has 0 aliphatic carbocycles. The highest BCUT2D eigenvalue weighted by molar-refractivity contribution is 9.10. The van der Waals surface area contributed by atoms with E-state index in [1.54, 1.807) is 36.9 Å². The van der Waals surface area contributed by atoms with Crippen LogP contribution >= 0.6 is 15.9 Å². The molecule has 46 heavy (non-hydrogen) atoms. The van der Waals surface area contributed by atoms with Gasteiger partial charge in [-0.2, -0.15) is 0 Å². The Hall–Kier alpha value is -3.15. The van der Waals surface area contributed by atoms with Gasteiger partial charge in [0.25, 0.3) is 0 Å². The zero-order valence-electron chi connectivity index (χ0n) is 28.4. The molecule has 0 bridgehead atoms. The number of ether oxygens (including phenoxy) is 2. The molecule has 0 spiro atoms. The minimum Gasteiger partial charge on any atom is -0.443 e. The van der Waals surface area contributed by atoms with Gasteiger partial charge in [0, 0.05) is 30.3 Å². The second-order valence-corrected chi connectivity index (χ2v) is 14.5. The van der Waals surface area contributed by atoms with Gasteiger partial charge in [0.15, 0.2) is 0 Å². The average molecular weight is 698 g/mol.